The Balaban J connectivity index is 1.81. The van der Waals surface area contributed by atoms with Gasteiger partial charge < -0.3 is 10.2 Å². The molecule has 0 aromatic heterocycles. The molecule has 33 heavy (non-hydrogen) atoms. The number of nitrogens with zero attached hydrogens (tertiary/aromatic N) is 1. The van der Waals surface area contributed by atoms with E-state index in [2.05, 4.69) is 36.5 Å². The van der Waals surface area contributed by atoms with Crippen LogP contribution < -0.4 is 5.32 Å². The second-order valence-electron chi connectivity index (χ2n) is 7.84. The number of likely N-dealkylation sites (N-methyl/N-ethyl adjacent to an activating group) is 1. The van der Waals surface area contributed by atoms with Gasteiger partial charge in [-0.2, -0.15) is 0 Å². The van der Waals surface area contributed by atoms with E-state index in [1.807, 2.05) is 48.5 Å². The first-order chi connectivity index (χ1) is 16.0. The highest BCUT2D eigenvalue weighted by atomic mass is 35.5. The van der Waals surface area contributed by atoms with E-state index in [1.165, 1.54) is 5.56 Å². The molecule has 1 N–H and O–H groups in total. The average Bonchev–Trinajstić information content (AvgIpc) is 2.83. The summed E-state index contributed by atoms with van der Waals surface area (Å²) in [5, 5.41) is 3.32. The molecular weight excluding hydrogens is 452 g/mol. The van der Waals surface area contributed by atoms with Crippen LogP contribution in [0.3, 0.4) is 0 Å². The molecule has 0 saturated carbocycles. The highest BCUT2D eigenvalue weighted by molar-refractivity contribution is 7.99. The summed E-state index contributed by atoms with van der Waals surface area (Å²) in [6, 6.07) is 24.8. The van der Waals surface area contributed by atoms with Crippen LogP contribution in [0.2, 0.25) is 5.02 Å². The van der Waals surface area contributed by atoms with Crippen molar-refractivity contribution in [3.05, 3.63) is 101 Å². The minimum atomic E-state index is -0.634. The Bertz CT molecular complexity index is 1060. The largest absolute Gasteiger partial charge is 0.357 e. The number of hydrogen-bond acceptors (Lipinski definition) is 3. The monoisotopic (exact) mass is 480 g/mol. The number of halogens is 1. The van der Waals surface area contributed by atoms with Gasteiger partial charge in [0.15, 0.2) is 0 Å². The Hall–Kier alpha value is -2.76. The number of hydrogen-bond donors (Lipinski definition) is 1. The zero-order valence-corrected chi connectivity index (χ0v) is 20.5. The maximum absolute atomic E-state index is 13.4. The average molecular weight is 481 g/mol. The number of aryl methyl sites for hydroxylation is 1. The Labute approximate surface area is 205 Å². The van der Waals surface area contributed by atoms with E-state index in [9.17, 15) is 9.59 Å². The molecule has 4 nitrogen and oxygen atoms in total. The van der Waals surface area contributed by atoms with Gasteiger partial charge in [-0.1, -0.05) is 77.8 Å². The topological polar surface area (TPSA) is 49.4 Å². The van der Waals surface area contributed by atoms with Gasteiger partial charge in [0.2, 0.25) is 11.8 Å². The van der Waals surface area contributed by atoms with Gasteiger partial charge in [-0.25, -0.2) is 0 Å². The molecule has 3 rings (SSSR count). The molecule has 0 aliphatic heterocycles. The van der Waals surface area contributed by atoms with Crippen LogP contribution in [-0.2, 0) is 22.6 Å². The lowest BCUT2D eigenvalue weighted by atomic mass is 10.0. The lowest BCUT2D eigenvalue weighted by Gasteiger charge is -2.31. The van der Waals surface area contributed by atoms with Crippen molar-refractivity contribution in [2.45, 2.75) is 37.2 Å². The summed E-state index contributed by atoms with van der Waals surface area (Å²) in [6.45, 7) is 2.33. The molecule has 0 fully saturated rings. The molecule has 172 valence electrons. The van der Waals surface area contributed by atoms with Crippen molar-refractivity contribution in [2.24, 2.45) is 0 Å². The molecular formula is C27H29ClN2O2S. The Morgan fingerprint density at radius 2 is 1.64 bits per heavy atom. The molecule has 2 amide bonds. The molecule has 1 atom stereocenters. The van der Waals surface area contributed by atoms with Crippen LogP contribution in [0.1, 0.15) is 23.1 Å². The van der Waals surface area contributed by atoms with Gasteiger partial charge >= 0.3 is 0 Å². The van der Waals surface area contributed by atoms with Crippen LogP contribution in [0.4, 0.5) is 0 Å². The summed E-state index contributed by atoms with van der Waals surface area (Å²) < 4.78 is 0. The van der Waals surface area contributed by atoms with Gasteiger partial charge in [0.05, 0.1) is 0 Å². The SMILES string of the molecule is CNC(=O)[C@H](Cc1ccccc1)N(Cc1ccccc1Cl)C(=O)CCSc1ccc(C)cc1. The number of carbonyl (C=O) groups excluding carboxylic acids is 2. The van der Waals surface area contributed by atoms with E-state index in [0.717, 1.165) is 16.0 Å². The molecule has 0 unspecified atom stereocenters. The summed E-state index contributed by atoms with van der Waals surface area (Å²) in [6.07, 6.45) is 0.757. The number of benzene rings is 3. The maximum atomic E-state index is 13.4. The molecule has 0 heterocycles. The third-order valence-corrected chi connectivity index (χ3v) is 6.80. The quantitative estimate of drug-likeness (QED) is 0.389. The lowest BCUT2D eigenvalue weighted by Crippen LogP contribution is -2.49. The summed E-state index contributed by atoms with van der Waals surface area (Å²) in [5.74, 6) is 0.372. The van der Waals surface area contributed by atoms with Crippen LogP contribution in [0.25, 0.3) is 0 Å². The Morgan fingerprint density at radius 3 is 2.30 bits per heavy atom. The van der Waals surface area contributed by atoms with Gasteiger partial charge in [0.25, 0.3) is 0 Å². The normalized spacial score (nSPS) is 11.6. The van der Waals surface area contributed by atoms with Crippen LogP contribution >= 0.6 is 23.4 Å². The number of rotatable bonds is 10. The van der Waals surface area contributed by atoms with Crippen molar-refractivity contribution in [3.8, 4) is 0 Å². The van der Waals surface area contributed by atoms with E-state index in [-0.39, 0.29) is 18.4 Å². The minimum Gasteiger partial charge on any atom is -0.357 e. The van der Waals surface area contributed by atoms with Crippen LogP contribution in [-0.4, -0.2) is 35.6 Å². The van der Waals surface area contributed by atoms with Crippen molar-refractivity contribution < 1.29 is 9.59 Å². The Kier molecular flexibility index (Phi) is 9.40. The van der Waals surface area contributed by atoms with E-state index in [4.69, 9.17) is 11.6 Å². The predicted molar refractivity (Wildman–Crippen MR) is 137 cm³/mol. The van der Waals surface area contributed by atoms with Crippen molar-refractivity contribution in [2.75, 3.05) is 12.8 Å². The van der Waals surface area contributed by atoms with E-state index in [0.29, 0.717) is 23.6 Å². The molecule has 3 aromatic rings. The number of amides is 2. The van der Waals surface area contributed by atoms with Crippen molar-refractivity contribution >= 4 is 35.2 Å². The summed E-state index contributed by atoms with van der Waals surface area (Å²) in [7, 11) is 1.60. The highest BCUT2D eigenvalue weighted by Crippen LogP contribution is 2.23. The zero-order valence-electron chi connectivity index (χ0n) is 19.0. The van der Waals surface area contributed by atoms with Gasteiger partial charge in [-0.3, -0.25) is 9.59 Å². The fourth-order valence-electron chi connectivity index (χ4n) is 3.57. The number of nitrogens with one attached hydrogen (secondary N) is 1. The minimum absolute atomic E-state index is 0.0703. The molecule has 0 saturated heterocycles. The molecule has 0 radical (unpaired) electrons. The van der Waals surface area contributed by atoms with Gasteiger partial charge in [-0.15, -0.1) is 11.8 Å². The third-order valence-electron chi connectivity index (χ3n) is 5.42. The number of thioether (sulfide) groups is 1. The van der Waals surface area contributed by atoms with E-state index >= 15 is 0 Å². The first-order valence-corrected chi connectivity index (χ1v) is 12.3. The fraction of sp³-hybridized carbons (Fsp3) is 0.259. The summed E-state index contributed by atoms with van der Waals surface area (Å²) >= 11 is 8.05. The fourth-order valence-corrected chi connectivity index (χ4v) is 4.60. The van der Waals surface area contributed by atoms with Gasteiger partial charge in [0.1, 0.15) is 6.04 Å². The molecule has 0 aliphatic carbocycles. The Morgan fingerprint density at radius 1 is 0.970 bits per heavy atom. The van der Waals surface area contributed by atoms with Crippen molar-refractivity contribution in [3.63, 3.8) is 0 Å². The first-order valence-electron chi connectivity index (χ1n) is 11.0. The first kappa shape index (κ1) is 24.9. The maximum Gasteiger partial charge on any atom is 0.242 e. The van der Waals surface area contributed by atoms with Crippen LogP contribution in [0.5, 0.6) is 0 Å². The van der Waals surface area contributed by atoms with Gasteiger partial charge in [0, 0.05) is 42.1 Å². The lowest BCUT2D eigenvalue weighted by molar-refractivity contribution is -0.140. The van der Waals surface area contributed by atoms with Crippen LogP contribution in [0, 0.1) is 6.92 Å². The van der Waals surface area contributed by atoms with E-state index in [1.54, 1.807) is 29.8 Å². The van der Waals surface area contributed by atoms with Gasteiger partial charge in [-0.05, 0) is 36.2 Å². The second-order valence-corrected chi connectivity index (χ2v) is 9.42. The van der Waals surface area contributed by atoms with Crippen molar-refractivity contribution in [1.82, 2.24) is 10.2 Å². The third kappa shape index (κ3) is 7.37. The van der Waals surface area contributed by atoms with Crippen LogP contribution in [0.15, 0.2) is 83.8 Å². The van der Waals surface area contributed by atoms with E-state index < -0.39 is 6.04 Å². The molecule has 0 aliphatic rings. The second kappa shape index (κ2) is 12.5. The predicted octanol–water partition coefficient (Wildman–Crippen LogP) is 5.52. The van der Waals surface area contributed by atoms with Crippen molar-refractivity contribution in [1.29, 1.82) is 0 Å². The summed E-state index contributed by atoms with van der Waals surface area (Å²) in [4.78, 5) is 29.2. The number of carbonyl (C=O) groups is 2. The smallest absolute Gasteiger partial charge is 0.242 e. The summed E-state index contributed by atoms with van der Waals surface area (Å²) in [5.41, 5.74) is 3.02. The zero-order chi connectivity index (χ0) is 23.6. The highest BCUT2D eigenvalue weighted by Gasteiger charge is 2.30. The molecule has 3 aromatic carbocycles. The standard InChI is InChI=1S/C27H29ClN2O2S/c1-20-12-14-23(15-13-20)33-17-16-26(31)30(19-22-10-6-7-11-24(22)28)25(27(32)29-2)18-21-8-4-3-5-9-21/h3-15,25H,16-19H2,1-2H3,(H,29,32)/t25-/m0/s1. The molecule has 6 heteroatoms. The molecule has 0 spiro atoms. The molecule has 0 bridgehead atoms.